The number of anilines is 1. The molecular weight excluding hydrogens is 636 g/mol. The molecule has 238 valence electrons. The predicted octanol–water partition coefficient (Wildman–Crippen LogP) is 5.25. The van der Waals surface area contributed by atoms with E-state index in [1.54, 1.807) is 25.7 Å². The van der Waals surface area contributed by atoms with Crippen LogP contribution in [0.3, 0.4) is 0 Å². The van der Waals surface area contributed by atoms with Gasteiger partial charge in [-0.05, 0) is 50.6 Å². The quantitative estimate of drug-likeness (QED) is 0.365. The molecular formula is C27H33Cl2F3N4O6S. The number of hydrogen-bond acceptors (Lipinski definition) is 8. The van der Waals surface area contributed by atoms with E-state index in [-0.39, 0.29) is 63.7 Å². The van der Waals surface area contributed by atoms with Gasteiger partial charge in [0.05, 0.1) is 26.9 Å². The number of nitrogens with zero attached hydrogens (tertiary/aromatic N) is 2. The minimum atomic E-state index is -5.11. The molecule has 2 aromatic rings. The van der Waals surface area contributed by atoms with Gasteiger partial charge in [0.25, 0.3) is 5.91 Å². The number of sulfone groups is 1. The van der Waals surface area contributed by atoms with Gasteiger partial charge in [-0.15, -0.1) is 13.2 Å². The number of alkyl halides is 3. The summed E-state index contributed by atoms with van der Waals surface area (Å²) in [5, 5.41) is 2.39. The normalized spacial score (nSPS) is 14.9. The van der Waals surface area contributed by atoms with Crippen LogP contribution in [0.25, 0.3) is 0 Å². The molecule has 0 spiro atoms. The van der Waals surface area contributed by atoms with E-state index in [4.69, 9.17) is 33.7 Å². The first kappa shape index (κ1) is 34.5. The Labute approximate surface area is 258 Å². The molecule has 1 aliphatic heterocycles. The highest BCUT2D eigenvalue weighted by molar-refractivity contribution is 7.91. The smallest absolute Gasteiger partial charge is 0.444 e. The van der Waals surface area contributed by atoms with Gasteiger partial charge in [-0.1, -0.05) is 30.1 Å². The molecule has 0 radical (unpaired) electrons. The topological polar surface area (TPSA) is 131 Å². The lowest BCUT2D eigenvalue weighted by Crippen LogP contribution is -2.49. The standard InChI is InChI=1S/C27H33Cl2F3N4O6S/c1-5-43(39,40)21-7-6-17(28)12-16(21)14-34-24(37)18-13-20(41-27(30,31)32)19(22(29)23(18)33)15-35-8-10-36(11-9-35)25(38)42-26(2,3)4/h6-7,12-13H,5,8-11,14-15,33H2,1-4H3,(H,34,37). The lowest BCUT2D eigenvalue weighted by molar-refractivity contribution is -0.275. The van der Waals surface area contributed by atoms with Crippen LogP contribution in [0.15, 0.2) is 29.2 Å². The summed E-state index contributed by atoms with van der Waals surface area (Å²) in [4.78, 5) is 28.7. The molecule has 0 aromatic heterocycles. The molecule has 1 saturated heterocycles. The lowest BCUT2D eigenvalue weighted by atomic mass is 10.1. The van der Waals surface area contributed by atoms with Gasteiger partial charge in [-0.2, -0.15) is 0 Å². The zero-order valence-electron chi connectivity index (χ0n) is 24.0. The monoisotopic (exact) mass is 668 g/mol. The Morgan fingerprint density at radius 3 is 2.26 bits per heavy atom. The molecule has 43 heavy (non-hydrogen) atoms. The maximum Gasteiger partial charge on any atom is 0.573 e. The molecule has 0 bridgehead atoms. The highest BCUT2D eigenvalue weighted by Crippen LogP contribution is 2.38. The van der Waals surface area contributed by atoms with E-state index in [1.165, 1.54) is 30.0 Å². The Kier molecular flexibility index (Phi) is 10.7. The molecule has 3 rings (SSSR count). The molecule has 0 saturated carbocycles. The first-order valence-corrected chi connectivity index (χ1v) is 15.6. The van der Waals surface area contributed by atoms with Crippen LogP contribution < -0.4 is 15.8 Å². The van der Waals surface area contributed by atoms with Crippen molar-refractivity contribution in [1.29, 1.82) is 0 Å². The fraction of sp³-hybridized carbons (Fsp3) is 0.481. The van der Waals surface area contributed by atoms with Gasteiger partial charge in [-0.25, -0.2) is 13.2 Å². The van der Waals surface area contributed by atoms with Crippen molar-refractivity contribution in [1.82, 2.24) is 15.1 Å². The molecule has 1 fully saturated rings. The van der Waals surface area contributed by atoms with Crippen LogP contribution in [-0.2, 0) is 27.7 Å². The minimum Gasteiger partial charge on any atom is -0.444 e. The first-order valence-electron chi connectivity index (χ1n) is 13.2. The Hall–Kier alpha value is -2.94. The summed E-state index contributed by atoms with van der Waals surface area (Å²) in [6, 6.07) is 4.91. The third-order valence-corrected chi connectivity index (χ3v) is 8.91. The molecule has 0 unspecified atom stereocenters. The fourth-order valence-electron chi connectivity index (χ4n) is 4.29. The highest BCUT2D eigenvalue weighted by atomic mass is 35.5. The maximum atomic E-state index is 13.4. The molecule has 10 nitrogen and oxygen atoms in total. The van der Waals surface area contributed by atoms with Gasteiger partial charge in [-0.3, -0.25) is 9.69 Å². The summed E-state index contributed by atoms with van der Waals surface area (Å²) in [5.74, 6) is -1.83. The van der Waals surface area contributed by atoms with Crippen LogP contribution in [0, 0.1) is 0 Å². The number of carbonyl (C=O) groups excluding carboxylic acids is 2. The summed E-state index contributed by atoms with van der Waals surface area (Å²) < 4.78 is 74.8. The summed E-state index contributed by atoms with van der Waals surface area (Å²) in [6.07, 6.45) is -5.61. The van der Waals surface area contributed by atoms with Crippen LogP contribution in [0.5, 0.6) is 5.75 Å². The number of carbonyl (C=O) groups is 2. The van der Waals surface area contributed by atoms with Gasteiger partial charge in [0, 0.05) is 49.9 Å². The van der Waals surface area contributed by atoms with Crippen molar-refractivity contribution in [3.8, 4) is 5.75 Å². The number of rotatable bonds is 8. The van der Waals surface area contributed by atoms with Gasteiger partial charge >= 0.3 is 12.5 Å². The third kappa shape index (κ3) is 9.27. The van der Waals surface area contributed by atoms with Crippen molar-refractivity contribution >= 4 is 50.7 Å². The molecule has 2 aromatic carbocycles. The molecule has 0 atom stereocenters. The second-order valence-electron chi connectivity index (χ2n) is 10.8. The van der Waals surface area contributed by atoms with Crippen molar-refractivity contribution in [2.24, 2.45) is 0 Å². The van der Waals surface area contributed by atoms with Crippen LogP contribution in [0.1, 0.15) is 49.2 Å². The number of nitrogens with two attached hydrogens (primary N) is 1. The number of nitrogen functional groups attached to an aromatic ring is 1. The van der Waals surface area contributed by atoms with Gasteiger partial charge in [0.15, 0.2) is 9.84 Å². The van der Waals surface area contributed by atoms with Gasteiger partial charge in [0.2, 0.25) is 0 Å². The molecule has 0 aliphatic carbocycles. The fourth-order valence-corrected chi connectivity index (χ4v) is 5.86. The predicted molar refractivity (Wildman–Crippen MR) is 156 cm³/mol. The summed E-state index contributed by atoms with van der Waals surface area (Å²) in [7, 11) is -3.67. The maximum absolute atomic E-state index is 13.4. The van der Waals surface area contributed by atoms with Crippen molar-refractivity contribution in [2.75, 3.05) is 37.7 Å². The van der Waals surface area contributed by atoms with Gasteiger partial charge < -0.3 is 25.4 Å². The van der Waals surface area contributed by atoms with E-state index in [2.05, 4.69) is 10.1 Å². The van der Waals surface area contributed by atoms with E-state index >= 15 is 0 Å². The number of amides is 2. The SMILES string of the molecule is CCS(=O)(=O)c1ccc(Cl)cc1CNC(=O)c1cc(OC(F)(F)F)c(CN2CCN(C(=O)OC(C)(C)C)CC2)c(Cl)c1N. The van der Waals surface area contributed by atoms with Crippen molar-refractivity contribution in [3.05, 3.63) is 51.0 Å². The Bertz CT molecular complexity index is 1470. The minimum absolute atomic E-state index is 0.0473. The van der Waals surface area contributed by atoms with Crippen molar-refractivity contribution in [3.63, 3.8) is 0 Å². The van der Waals surface area contributed by atoms with Crippen LogP contribution in [-0.4, -0.2) is 74.1 Å². The highest BCUT2D eigenvalue weighted by Gasteiger charge is 2.35. The summed E-state index contributed by atoms with van der Waals surface area (Å²) >= 11 is 12.4. The van der Waals surface area contributed by atoms with E-state index < -0.39 is 45.1 Å². The van der Waals surface area contributed by atoms with E-state index in [9.17, 15) is 31.2 Å². The number of halogens is 5. The number of benzene rings is 2. The van der Waals surface area contributed by atoms with Crippen molar-refractivity contribution < 1.29 is 40.7 Å². The average Bonchev–Trinajstić information content (AvgIpc) is 2.90. The second-order valence-corrected chi connectivity index (χ2v) is 13.8. The zero-order chi connectivity index (χ0) is 32.3. The van der Waals surface area contributed by atoms with Crippen LogP contribution >= 0.6 is 23.2 Å². The number of piperazine rings is 1. The lowest BCUT2D eigenvalue weighted by Gasteiger charge is -2.36. The molecule has 2 amide bonds. The second kappa shape index (κ2) is 13.4. The van der Waals surface area contributed by atoms with Gasteiger partial charge in [0.1, 0.15) is 11.4 Å². The van der Waals surface area contributed by atoms with E-state index in [0.29, 0.717) is 13.1 Å². The summed E-state index contributed by atoms with van der Waals surface area (Å²) in [6.45, 7) is 7.37. The zero-order valence-corrected chi connectivity index (χ0v) is 26.3. The molecule has 1 heterocycles. The first-order chi connectivity index (χ1) is 19.8. The largest absolute Gasteiger partial charge is 0.573 e. The number of ether oxygens (including phenoxy) is 2. The van der Waals surface area contributed by atoms with Crippen LogP contribution in [0.2, 0.25) is 10.0 Å². The summed E-state index contributed by atoms with van der Waals surface area (Å²) in [5.41, 5.74) is 4.84. The van der Waals surface area contributed by atoms with Crippen LogP contribution in [0.4, 0.5) is 23.7 Å². The third-order valence-electron chi connectivity index (χ3n) is 6.42. The Balaban J connectivity index is 1.84. The Morgan fingerprint density at radius 2 is 1.70 bits per heavy atom. The van der Waals surface area contributed by atoms with E-state index in [1.807, 2.05) is 0 Å². The van der Waals surface area contributed by atoms with Crippen molar-refractivity contribution in [2.45, 2.75) is 57.6 Å². The Morgan fingerprint density at radius 1 is 1.07 bits per heavy atom. The number of hydrogen-bond donors (Lipinski definition) is 2. The molecule has 3 N–H and O–H groups in total. The average molecular weight is 670 g/mol. The number of nitrogens with one attached hydrogen (secondary N) is 1. The van der Waals surface area contributed by atoms with E-state index in [0.717, 1.165) is 6.07 Å². The molecule has 16 heteroatoms. The molecule has 1 aliphatic rings.